The van der Waals surface area contributed by atoms with E-state index in [1.54, 1.807) is 38.1 Å². The van der Waals surface area contributed by atoms with Gasteiger partial charge >= 0.3 is 5.69 Å². The molecular weight excluding hydrogens is 332 g/mol. The Kier molecular flexibility index (Phi) is 7.15. The molecule has 1 atom stereocenters. The first-order valence-electron chi connectivity index (χ1n) is 9.24. The van der Waals surface area contributed by atoms with E-state index in [0.29, 0.717) is 24.0 Å². The van der Waals surface area contributed by atoms with Crippen LogP contribution in [0.3, 0.4) is 0 Å². The van der Waals surface area contributed by atoms with E-state index in [9.17, 15) is 14.4 Å². The number of fused-ring (bicyclic) bond motifs is 1. The molecule has 2 aromatic rings. The van der Waals surface area contributed by atoms with Crippen LogP contribution in [0.2, 0.25) is 0 Å². The molecule has 2 rings (SSSR count). The molecular formula is C19H28N4O3. The Morgan fingerprint density at radius 1 is 1.15 bits per heavy atom. The van der Waals surface area contributed by atoms with E-state index < -0.39 is 11.7 Å². The molecule has 0 aliphatic carbocycles. The molecule has 0 aliphatic rings. The molecule has 1 aromatic heterocycles. The third-order valence-corrected chi connectivity index (χ3v) is 4.59. The van der Waals surface area contributed by atoms with Gasteiger partial charge in [0.25, 0.3) is 5.56 Å². The summed E-state index contributed by atoms with van der Waals surface area (Å²) in [5.41, 5.74) is 5.17. The van der Waals surface area contributed by atoms with Gasteiger partial charge in [-0.2, -0.15) is 0 Å². The number of para-hydroxylation sites is 1. The highest BCUT2D eigenvalue weighted by molar-refractivity contribution is 5.84. The fourth-order valence-electron chi connectivity index (χ4n) is 3.08. The lowest BCUT2D eigenvalue weighted by Gasteiger charge is -2.19. The number of hydrogen-bond donors (Lipinski definition) is 2. The maximum absolute atomic E-state index is 12.8. The zero-order chi connectivity index (χ0) is 19.1. The first-order chi connectivity index (χ1) is 12.5. The van der Waals surface area contributed by atoms with E-state index >= 15 is 0 Å². The molecule has 1 aromatic carbocycles. The lowest BCUT2D eigenvalue weighted by Crippen LogP contribution is -2.44. The van der Waals surface area contributed by atoms with Gasteiger partial charge in [-0.05, 0) is 45.4 Å². The van der Waals surface area contributed by atoms with Crippen molar-refractivity contribution in [3.8, 4) is 0 Å². The Balaban J connectivity index is 2.24. The van der Waals surface area contributed by atoms with Crippen molar-refractivity contribution >= 4 is 16.8 Å². The molecule has 7 heteroatoms. The summed E-state index contributed by atoms with van der Waals surface area (Å²) in [7, 11) is 0. The van der Waals surface area contributed by atoms with Gasteiger partial charge in [0.15, 0.2) is 0 Å². The van der Waals surface area contributed by atoms with Gasteiger partial charge in [0.2, 0.25) is 5.91 Å². The van der Waals surface area contributed by atoms with E-state index in [0.717, 1.165) is 25.7 Å². The number of carbonyl (C=O) groups excluding carboxylic acids is 1. The van der Waals surface area contributed by atoms with Crippen molar-refractivity contribution < 1.29 is 4.79 Å². The average Bonchev–Trinajstić information content (AvgIpc) is 2.64. The summed E-state index contributed by atoms with van der Waals surface area (Å²) in [6.07, 6.45) is 3.93. The van der Waals surface area contributed by atoms with E-state index in [4.69, 9.17) is 5.73 Å². The van der Waals surface area contributed by atoms with Crippen molar-refractivity contribution in [1.29, 1.82) is 0 Å². The Labute approximate surface area is 152 Å². The summed E-state index contributed by atoms with van der Waals surface area (Å²) in [5.74, 6) is -0.225. The minimum Gasteiger partial charge on any atom is -0.354 e. The summed E-state index contributed by atoms with van der Waals surface area (Å²) in [5, 5.41) is 3.32. The average molecular weight is 360 g/mol. The number of carbonyl (C=O) groups is 1. The molecule has 1 amide bonds. The van der Waals surface area contributed by atoms with Crippen LogP contribution in [0.15, 0.2) is 33.9 Å². The van der Waals surface area contributed by atoms with Crippen LogP contribution in [0.25, 0.3) is 10.9 Å². The first-order valence-corrected chi connectivity index (χ1v) is 9.24. The number of aromatic nitrogens is 2. The van der Waals surface area contributed by atoms with Gasteiger partial charge in [-0.25, -0.2) is 4.79 Å². The van der Waals surface area contributed by atoms with Crippen LogP contribution in [-0.4, -0.2) is 28.1 Å². The predicted octanol–water partition coefficient (Wildman–Crippen LogP) is 1.38. The second-order valence-electron chi connectivity index (χ2n) is 6.39. The van der Waals surface area contributed by atoms with Crippen molar-refractivity contribution in [3.63, 3.8) is 0 Å². The van der Waals surface area contributed by atoms with Gasteiger partial charge in [-0.1, -0.05) is 25.0 Å². The largest absolute Gasteiger partial charge is 0.354 e. The van der Waals surface area contributed by atoms with E-state index in [-0.39, 0.29) is 18.0 Å². The molecule has 142 valence electrons. The number of nitrogens with one attached hydrogen (secondary N) is 1. The zero-order valence-electron chi connectivity index (χ0n) is 15.5. The molecule has 1 unspecified atom stereocenters. The standard InChI is InChI=1S/C19H28N4O3/c1-3-22-18(25)15-10-6-7-11-16(15)23(19(22)26)14(2)17(24)21-13-9-5-4-8-12-20/h6-7,10-11,14H,3-5,8-9,12-13,20H2,1-2H3,(H,21,24). The van der Waals surface area contributed by atoms with Crippen LogP contribution in [-0.2, 0) is 11.3 Å². The SMILES string of the molecule is CCn1c(=O)c2ccccc2n(C(C)C(=O)NCCCCCCN)c1=O. The molecule has 1 heterocycles. The third-order valence-electron chi connectivity index (χ3n) is 4.59. The normalized spacial score (nSPS) is 12.3. The maximum atomic E-state index is 12.8. The number of rotatable bonds is 9. The Morgan fingerprint density at radius 2 is 1.85 bits per heavy atom. The molecule has 0 saturated carbocycles. The second kappa shape index (κ2) is 9.33. The highest BCUT2D eigenvalue weighted by atomic mass is 16.2. The number of unbranched alkanes of at least 4 members (excludes halogenated alkanes) is 3. The van der Waals surface area contributed by atoms with Crippen LogP contribution in [0.4, 0.5) is 0 Å². The molecule has 3 N–H and O–H groups in total. The lowest BCUT2D eigenvalue weighted by molar-refractivity contribution is -0.123. The van der Waals surface area contributed by atoms with Gasteiger partial charge in [0.1, 0.15) is 6.04 Å². The molecule has 0 saturated heterocycles. The number of nitrogens with two attached hydrogens (primary N) is 1. The second-order valence-corrected chi connectivity index (χ2v) is 6.39. The fourth-order valence-corrected chi connectivity index (χ4v) is 3.08. The quantitative estimate of drug-likeness (QED) is 0.660. The minimum atomic E-state index is -0.699. The van der Waals surface area contributed by atoms with Gasteiger partial charge < -0.3 is 11.1 Å². The van der Waals surface area contributed by atoms with Crippen molar-refractivity contribution in [1.82, 2.24) is 14.5 Å². The zero-order valence-corrected chi connectivity index (χ0v) is 15.5. The van der Waals surface area contributed by atoms with Gasteiger partial charge in [0, 0.05) is 13.1 Å². The topological polar surface area (TPSA) is 99.1 Å². The summed E-state index contributed by atoms with van der Waals surface area (Å²) >= 11 is 0. The summed E-state index contributed by atoms with van der Waals surface area (Å²) in [4.78, 5) is 37.8. The van der Waals surface area contributed by atoms with Gasteiger partial charge in [0.05, 0.1) is 10.9 Å². The molecule has 0 bridgehead atoms. The van der Waals surface area contributed by atoms with Crippen molar-refractivity contribution in [2.24, 2.45) is 5.73 Å². The van der Waals surface area contributed by atoms with Crippen LogP contribution < -0.4 is 22.3 Å². The van der Waals surface area contributed by atoms with E-state index in [1.165, 1.54) is 9.13 Å². The minimum absolute atomic E-state index is 0.225. The predicted molar refractivity (Wildman–Crippen MR) is 103 cm³/mol. The lowest BCUT2D eigenvalue weighted by atomic mass is 10.2. The van der Waals surface area contributed by atoms with Crippen LogP contribution >= 0.6 is 0 Å². The van der Waals surface area contributed by atoms with Crippen LogP contribution in [0.1, 0.15) is 45.6 Å². The fraction of sp³-hybridized carbons (Fsp3) is 0.526. The number of benzene rings is 1. The van der Waals surface area contributed by atoms with Crippen molar-refractivity contribution in [2.45, 2.75) is 52.1 Å². The maximum Gasteiger partial charge on any atom is 0.332 e. The van der Waals surface area contributed by atoms with Crippen LogP contribution in [0.5, 0.6) is 0 Å². The Hall–Kier alpha value is -2.41. The highest BCUT2D eigenvalue weighted by Gasteiger charge is 2.21. The molecule has 0 fully saturated rings. The summed E-state index contributed by atoms with van der Waals surface area (Å²) < 4.78 is 2.57. The van der Waals surface area contributed by atoms with Gasteiger partial charge in [-0.3, -0.25) is 18.7 Å². The number of nitrogens with zero attached hydrogens (tertiary/aromatic N) is 2. The van der Waals surface area contributed by atoms with Crippen LogP contribution in [0, 0.1) is 0 Å². The van der Waals surface area contributed by atoms with Gasteiger partial charge in [-0.15, -0.1) is 0 Å². The number of hydrogen-bond acceptors (Lipinski definition) is 4. The molecule has 0 radical (unpaired) electrons. The van der Waals surface area contributed by atoms with E-state index in [2.05, 4.69) is 5.32 Å². The monoisotopic (exact) mass is 360 g/mol. The third kappa shape index (κ3) is 4.22. The highest BCUT2D eigenvalue weighted by Crippen LogP contribution is 2.13. The number of amides is 1. The molecule has 7 nitrogen and oxygen atoms in total. The summed E-state index contributed by atoms with van der Waals surface area (Å²) in [6, 6.07) is 6.20. The summed E-state index contributed by atoms with van der Waals surface area (Å²) in [6.45, 7) is 4.94. The van der Waals surface area contributed by atoms with E-state index in [1.807, 2.05) is 0 Å². The Bertz CT molecular complexity index is 869. The van der Waals surface area contributed by atoms with Crippen molar-refractivity contribution in [3.05, 3.63) is 45.1 Å². The first kappa shape index (κ1) is 19.9. The van der Waals surface area contributed by atoms with Crippen molar-refractivity contribution in [2.75, 3.05) is 13.1 Å². The molecule has 0 aliphatic heterocycles. The Morgan fingerprint density at radius 3 is 2.54 bits per heavy atom. The molecule has 26 heavy (non-hydrogen) atoms. The smallest absolute Gasteiger partial charge is 0.332 e. The molecule has 0 spiro atoms.